The number of carbonyl (C=O) groups excluding carboxylic acids is 1. The molecule has 2 aromatic carbocycles. The van der Waals surface area contributed by atoms with Gasteiger partial charge in [-0.1, -0.05) is 27.2 Å². The number of carbonyl (C=O) groups is 1. The van der Waals surface area contributed by atoms with E-state index in [1.807, 2.05) is 24.3 Å². The average molecular weight is 412 g/mol. The van der Waals surface area contributed by atoms with Gasteiger partial charge in [0, 0.05) is 17.1 Å². The number of halogens is 1. The number of nitrogens with one attached hydrogen (secondary N) is 1. The molecule has 0 aliphatic heterocycles. The molecule has 130 valence electrons. The number of benzene rings is 2. The smallest absolute Gasteiger partial charge is 0.278 e. The molecular weight excluding hydrogens is 398 g/mol. The third-order valence-corrected chi connectivity index (χ3v) is 4.41. The van der Waals surface area contributed by atoms with Crippen molar-refractivity contribution in [1.29, 1.82) is 0 Å². The molecule has 7 nitrogen and oxygen atoms in total. The fourth-order valence-corrected chi connectivity index (χ4v) is 3.09. The summed E-state index contributed by atoms with van der Waals surface area (Å²) in [7, 11) is 0. The summed E-state index contributed by atoms with van der Waals surface area (Å²) in [6.45, 7) is 3.59. The number of rotatable bonds is 3. The van der Waals surface area contributed by atoms with Gasteiger partial charge in [0.05, 0.1) is 11.4 Å². The first-order chi connectivity index (χ1) is 12.5. The van der Waals surface area contributed by atoms with Gasteiger partial charge in [-0.25, -0.2) is 9.67 Å². The molecule has 0 spiro atoms. The number of amides is 1. The maximum atomic E-state index is 12.6. The van der Waals surface area contributed by atoms with E-state index in [-0.39, 0.29) is 11.6 Å². The average Bonchev–Trinajstić information content (AvgIpc) is 3.16. The number of hydrogen-bond acceptors (Lipinski definition) is 5. The molecule has 0 bridgehead atoms. The molecule has 4 aromatic rings. The van der Waals surface area contributed by atoms with Crippen LogP contribution in [0.3, 0.4) is 0 Å². The summed E-state index contributed by atoms with van der Waals surface area (Å²) in [5.41, 5.74) is 3.72. The molecule has 4 rings (SSSR count). The lowest BCUT2D eigenvalue weighted by Gasteiger charge is -2.05. The first-order valence-electron chi connectivity index (χ1n) is 7.88. The SMILES string of the molecule is Cc1nc2cc(NC(=O)c3nnn(-c4cccc(Br)c4)c3C)ccc2o1. The Morgan fingerprint density at radius 1 is 1.19 bits per heavy atom. The van der Waals surface area contributed by atoms with Crippen LogP contribution in [-0.4, -0.2) is 25.9 Å². The lowest BCUT2D eigenvalue weighted by molar-refractivity contribution is 0.102. The largest absolute Gasteiger partial charge is 0.441 e. The highest BCUT2D eigenvalue weighted by molar-refractivity contribution is 9.10. The summed E-state index contributed by atoms with van der Waals surface area (Å²) in [4.78, 5) is 16.9. The van der Waals surface area contributed by atoms with Crippen LogP contribution in [0.1, 0.15) is 22.1 Å². The molecule has 1 N–H and O–H groups in total. The van der Waals surface area contributed by atoms with Crippen LogP contribution in [0.2, 0.25) is 0 Å². The van der Waals surface area contributed by atoms with E-state index in [0.717, 1.165) is 10.2 Å². The Balaban J connectivity index is 1.61. The van der Waals surface area contributed by atoms with E-state index in [0.29, 0.717) is 28.4 Å². The Hall–Kier alpha value is -3.00. The van der Waals surface area contributed by atoms with E-state index in [2.05, 4.69) is 36.5 Å². The fraction of sp³-hybridized carbons (Fsp3) is 0.111. The molecular formula is C18H14BrN5O2. The van der Waals surface area contributed by atoms with Gasteiger partial charge in [-0.15, -0.1) is 5.10 Å². The van der Waals surface area contributed by atoms with Gasteiger partial charge in [0.25, 0.3) is 5.91 Å². The molecule has 0 aliphatic rings. The molecule has 0 radical (unpaired) electrons. The van der Waals surface area contributed by atoms with Crippen molar-refractivity contribution < 1.29 is 9.21 Å². The highest BCUT2D eigenvalue weighted by Gasteiger charge is 2.18. The highest BCUT2D eigenvalue weighted by Crippen LogP contribution is 2.21. The van der Waals surface area contributed by atoms with Crippen LogP contribution in [0.15, 0.2) is 51.4 Å². The van der Waals surface area contributed by atoms with Crippen LogP contribution in [0, 0.1) is 13.8 Å². The van der Waals surface area contributed by atoms with E-state index in [1.165, 1.54) is 0 Å². The fourth-order valence-electron chi connectivity index (χ4n) is 2.70. The minimum absolute atomic E-state index is 0.265. The zero-order valence-corrected chi connectivity index (χ0v) is 15.6. The molecule has 0 atom stereocenters. The van der Waals surface area contributed by atoms with Crippen molar-refractivity contribution >= 4 is 38.6 Å². The second kappa shape index (κ2) is 6.38. The van der Waals surface area contributed by atoms with E-state index in [4.69, 9.17) is 4.42 Å². The summed E-state index contributed by atoms with van der Waals surface area (Å²) in [5.74, 6) is 0.250. The molecule has 0 fully saturated rings. The van der Waals surface area contributed by atoms with E-state index >= 15 is 0 Å². The van der Waals surface area contributed by atoms with Crippen molar-refractivity contribution in [2.45, 2.75) is 13.8 Å². The maximum Gasteiger partial charge on any atom is 0.278 e. The quantitative estimate of drug-likeness (QED) is 0.549. The van der Waals surface area contributed by atoms with Gasteiger partial charge in [-0.2, -0.15) is 0 Å². The van der Waals surface area contributed by atoms with Crippen LogP contribution in [0.4, 0.5) is 5.69 Å². The summed E-state index contributed by atoms with van der Waals surface area (Å²) in [6, 6.07) is 12.9. The van der Waals surface area contributed by atoms with Crippen molar-refractivity contribution in [2.75, 3.05) is 5.32 Å². The highest BCUT2D eigenvalue weighted by atomic mass is 79.9. The van der Waals surface area contributed by atoms with E-state index < -0.39 is 0 Å². The lowest BCUT2D eigenvalue weighted by atomic mass is 10.2. The Morgan fingerprint density at radius 3 is 2.85 bits per heavy atom. The second-order valence-corrected chi connectivity index (χ2v) is 6.70. The predicted molar refractivity (Wildman–Crippen MR) is 100 cm³/mol. The van der Waals surface area contributed by atoms with Crippen molar-refractivity contribution in [1.82, 2.24) is 20.0 Å². The van der Waals surface area contributed by atoms with Gasteiger partial charge >= 0.3 is 0 Å². The molecule has 2 aromatic heterocycles. The number of aryl methyl sites for hydroxylation is 1. The third-order valence-electron chi connectivity index (χ3n) is 3.91. The number of oxazole rings is 1. The van der Waals surface area contributed by atoms with Crippen molar-refractivity contribution in [2.24, 2.45) is 0 Å². The number of hydrogen-bond donors (Lipinski definition) is 1. The third kappa shape index (κ3) is 2.99. The van der Waals surface area contributed by atoms with Gasteiger partial charge in [-0.05, 0) is 43.3 Å². The zero-order valence-electron chi connectivity index (χ0n) is 14.0. The minimum atomic E-state index is -0.330. The lowest BCUT2D eigenvalue weighted by Crippen LogP contribution is -2.14. The summed E-state index contributed by atoms with van der Waals surface area (Å²) < 4.78 is 7.99. The van der Waals surface area contributed by atoms with Crippen LogP contribution in [0.25, 0.3) is 16.8 Å². The predicted octanol–water partition coefficient (Wildman–Crippen LogP) is 4.04. The number of anilines is 1. The Kier molecular flexibility index (Phi) is 4.04. The molecule has 26 heavy (non-hydrogen) atoms. The van der Waals surface area contributed by atoms with Crippen LogP contribution in [-0.2, 0) is 0 Å². The zero-order chi connectivity index (χ0) is 18.3. The van der Waals surface area contributed by atoms with Gasteiger partial charge < -0.3 is 9.73 Å². The first-order valence-corrected chi connectivity index (χ1v) is 8.67. The molecule has 0 unspecified atom stereocenters. The van der Waals surface area contributed by atoms with Crippen molar-refractivity contribution in [3.05, 3.63) is 64.2 Å². The molecule has 0 aliphatic carbocycles. The van der Waals surface area contributed by atoms with Crippen LogP contribution >= 0.6 is 15.9 Å². The molecule has 8 heteroatoms. The molecule has 0 saturated carbocycles. The standard InChI is InChI=1S/C18H14BrN5O2/c1-10-17(22-23-24(10)14-5-3-4-12(19)8-14)18(25)21-13-6-7-16-15(9-13)20-11(2)26-16/h3-9H,1-2H3,(H,21,25). The summed E-state index contributed by atoms with van der Waals surface area (Å²) in [6.07, 6.45) is 0. The van der Waals surface area contributed by atoms with Crippen LogP contribution < -0.4 is 5.32 Å². The van der Waals surface area contributed by atoms with E-state index in [9.17, 15) is 4.79 Å². The van der Waals surface area contributed by atoms with Gasteiger partial charge in [0.1, 0.15) is 5.52 Å². The minimum Gasteiger partial charge on any atom is -0.441 e. The Morgan fingerprint density at radius 2 is 2.04 bits per heavy atom. The monoisotopic (exact) mass is 411 g/mol. The molecule has 0 saturated heterocycles. The van der Waals surface area contributed by atoms with Gasteiger partial charge in [-0.3, -0.25) is 4.79 Å². The van der Waals surface area contributed by atoms with Gasteiger partial charge in [0.15, 0.2) is 17.2 Å². The Labute approximate surface area is 157 Å². The number of aromatic nitrogens is 4. The second-order valence-electron chi connectivity index (χ2n) is 5.78. The normalized spacial score (nSPS) is 11.0. The maximum absolute atomic E-state index is 12.6. The van der Waals surface area contributed by atoms with Gasteiger partial charge in [0.2, 0.25) is 0 Å². The van der Waals surface area contributed by atoms with Crippen LogP contribution in [0.5, 0.6) is 0 Å². The molecule has 2 heterocycles. The Bertz CT molecular complexity index is 1130. The van der Waals surface area contributed by atoms with Crippen molar-refractivity contribution in [3.8, 4) is 5.69 Å². The number of fused-ring (bicyclic) bond motifs is 1. The first kappa shape index (κ1) is 16.5. The van der Waals surface area contributed by atoms with E-state index in [1.54, 1.807) is 36.7 Å². The summed E-state index contributed by atoms with van der Waals surface area (Å²) in [5, 5.41) is 11.0. The molecule has 1 amide bonds. The number of nitrogens with zero attached hydrogens (tertiary/aromatic N) is 4. The van der Waals surface area contributed by atoms with Crippen molar-refractivity contribution in [3.63, 3.8) is 0 Å². The summed E-state index contributed by atoms with van der Waals surface area (Å²) >= 11 is 3.43. The topological polar surface area (TPSA) is 85.8 Å².